The van der Waals surface area contributed by atoms with Gasteiger partial charge >= 0.3 is 0 Å². The highest BCUT2D eigenvalue weighted by Crippen LogP contribution is 2.26. The maximum atomic E-state index is 12.0. The van der Waals surface area contributed by atoms with E-state index in [1.54, 1.807) is 19.2 Å². The molecule has 0 aliphatic heterocycles. The molecule has 1 aromatic carbocycles. The second kappa shape index (κ2) is 5.52. The third kappa shape index (κ3) is 3.01. The number of carbonyl (C=O) groups is 2. The second-order valence-corrected chi connectivity index (χ2v) is 5.17. The SMILES string of the molecule is CNc1nc2c(Br)cc(C(=O)CCC(C)=O)cc2[nH]1. The lowest BCUT2D eigenvalue weighted by Crippen LogP contribution is -2.02. The van der Waals surface area contributed by atoms with Crippen LogP contribution in [-0.4, -0.2) is 28.6 Å². The highest BCUT2D eigenvalue weighted by Gasteiger charge is 2.12. The quantitative estimate of drug-likeness (QED) is 0.829. The number of fused-ring (bicyclic) bond motifs is 1. The van der Waals surface area contributed by atoms with Crippen molar-refractivity contribution >= 4 is 44.5 Å². The molecule has 1 heterocycles. The Morgan fingerprint density at radius 2 is 2.11 bits per heavy atom. The first-order valence-electron chi connectivity index (χ1n) is 5.91. The maximum Gasteiger partial charge on any atom is 0.200 e. The van der Waals surface area contributed by atoms with Gasteiger partial charge in [-0.2, -0.15) is 0 Å². The molecule has 0 aliphatic carbocycles. The number of hydrogen-bond donors (Lipinski definition) is 2. The van der Waals surface area contributed by atoms with Crippen LogP contribution in [0, 0.1) is 0 Å². The van der Waals surface area contributed by atoms with E-state index in [1.165, 1.54) is 6.92 Å². The number of halogens is 1. The van der Waals surface area contributed by atoms with E-state index in [1.807, 2.05) is 0 Å². The Balaban J connectivity index is 2.34. The standard InChI is InChI=1S/C13H14BrN3O2/c1-7(18)3-4-11(19)8-5-9(14)12-10(6-8)16-13(15-2)17-12/h5-6H,3-4H2,1-2H3,(H2,15,16,17). The molecule has 0 saturated carbocycles. The van der Waals surface area contributed by atoms with Crippen LogP contribution in [0.25, 0.3) is 11.0 Å². The van der Waals surface area contributed by atoms with Crippen LogP contribution in [0.1, 0.15) is 30.1 Å². The zero-order valence-corrected chi connectivity index (χ0v) is 12.3. The lowest BCUT2D eigenvalue weighted by Gasteiger charge is -2.01. The average molecular weight is 324 g/mol. The average Bonchev–Trinajstić information content (AvgIpc) is 2.79. The second-order valence-electron chi connectivity index (χ2n) is 4.31. The Bertz CT molecular complexity index is 649. The Morgan fingerprint density at radius 3 is 2.74 bits per heavy atom. The van der Waals surface area contributed by atoms with Crippen molar-refractivity contribution in [2.75, 3.05) is 12.4 Å². The number of imidazole rings is 1. The van der Waals surface area contributed by atoms with Crippen molar-refractivity contribution in [1.29, 1.82) is 0 Å². The molecule has 5 nitrogen and oxygen atoms in total. The van der Waals surface area contributed by atoms with Gasteiger partial charge in [-0.15, -0.1) is 0 Å². The molecular formula is C13H14BrN3O2. The summed E-state index contributed by atoms with van der Waals surface area (Å²) >= 11 is 3.41. The summed E-state index contributed by atoms with van der Waals surface area (Å²) in [7, 11) is 1.77. The third-order valence-electron chi connectivity index (χ3n) is 2.80. The largest absolute Gasteiger partial charge is 0.359 e. The molecule has 2 aromatic rings. The highest BCUT2D eigenvalue weighted by molar-refractivity contribution is 9.10. The summed E-state index contributed by atoms with van der Waals surface area (Å²) in [5.41, 5.74) is 2.13. The van der Waals surface area contributed by atoms with E-state index in [9.17, 15) is 9.59 Å². The van der Waals surface area contributed by atoms with Gasteiger partial charge in [0.25, 0.3) is 0 Å². The Morgan fingerprint density at radius 1 is 1.37 bits per heavy atom. The number of anilines is 1. The van der Waals surface area contributed by atoms with E-state index in [-0.39, 0.29) is 24.4 Å². The van der Waals surface area contributed by atoms with Gasteiger partial charge in [-0.25, -0.2) is 4.98 Å². The molecule has 0 radical (unpaired) electrons. The van der Waals surface area contributed by atoms with Crippen molar-refractivity contribution in [3.05, 3.63) is 22.2 Å². The van der Waals surface area contributed by atoms with E-state index >= 15 is 0 Å². The summed E-state index contributed by atoms with van der Waals surface area (Å²) in [6, 6.07) is 3.50. The lowest BCUT2D eigenvalue weighted by atomic mass is 10.0. The van der Waals surface area contributed by atoms with Crippen LogP contribution in [0.4, 0.5) is 5.95 Å². The van der Waals surface area contributed by atoms with Crippen LogP contribution in [0.15, 0.2) is 16.6 Å². The smallest absolute Gasteiger partial charge is 0.200 e. The number of rotatable bonds is 5. The molecule has 2 N–H and O–H groups in total. The number of aromatic amines is 1. The minimum absolute atomic E-state index is 0.0208. The summed E-state index contributed by atoms with van der Waals surface area (Å²) in [5, 5.41) is 2.92. The fraction of sp³-hybridized carbons (Fsp3) is 0.308. The Hall–Kier alpha value is -1.69. The number of carbonyl (C=O) groups excluding carboxylic acids is 2. The fourth-order valence-electron chi connectivity index (χ4n) is 1.79. The molecule has 0 unspecified atom stereocenters. The zero-order chi connectivity index (χ0) is 14.0. The minimum Gasteiger partial charge on any atom is -0.359 e. The molecule has 19 heavy (non-hydrogen) atoms. The summed E-state index contributed by atoms with van der Waals surface area (Å²) in [6.45, 7) is 1.49. The van der Waals surface area contributed by atoms with Gasteiger partial charge in [0.05, 0.1) is 5.52 Å². The lowest BCUT2D eigenvalue weighted by molar-refractivity contribution is -0.116. The van der Waals surface area contributed by atoms with Gasteiger partial charge in [0.2, 0.25) is 5.95 Å². The first kappa shape index (κ1) is 13.7. The number of nitrogens with zero attached hydrogens (tertiary/aromatic N) is 1. The molecule has 100 valence electrons. The normalized spacial score (nSPS) is 10.7. The van der Waals surface area contributed by atoms with Crippen molar-refractivity contribution < 1.29 is 9.59 Å². The number of H-pyrrole nitrogens is 1. The van der Waals surface area contributed by atoms with Crippen molar-refractivity contribution in [2.24, 2.45) is 0 Å². The number of Topliss-reactive ketones (excluding diaryl/α,β-unsaturated/α-hetero) is 2. The van der Waals surface area contributed by atoms with Crippen LogP contribution in [0.2, 0.25) is 0 Å². The van der Waals surface area contributed by atoms with E-state index in [2.05, 4.69) is 31.2 Å². The van der Waals surface area contributed by atoms with Crippen LogP contribution in [0.3, 0.4) is 0 Å². The van der Waals surface area contributed by atoms with Crippen LogP contribution >= 0.6 is 15.9 Å². The molecule has 0 amide bonds. The maximum absolute atomic E-state index is 12.0. The molecule has 6 heteroatoms. The number of benzene rings is 1. The topological polar surface area (TPSA) is 74.8 Å². The molecular weight excluding hydrogens is 310 g/mol. The van der Waals surface area contributed by atoms with Gasteiger partial charge in [0, 0.05) is 29.9 Å². The number of ketones is 2. The first-order valence-corrected chi connectivity index (χ1v) is 6.70. The number of aromatic nitrogens is 2. The van der Waals surface area contributed by atoms with E-state index in [0.717, 1.165) is 15.5 Å². The molecule has 0 fully saturated rings. The molecule has 1 aromatic heterocycles. The fourth-order valence-corrected chi connectivity index (χ4v) is 2.34. The molecule has 0 spiro atoms. The third-order valence-corrected chi connectivity index (χ3v) is 3.41. The van der Waals surface area contributed by atoms with Crippen molar-refractivity contribution in [3.8, 4) is 0 Å². The van der Waals surface area contributed by atoms with Crippen LogP contribution < -0.4 is 5.32 Å². The highest BCUT2D eigenvalue weighted by atomic mass is 79.9. The summed E-state index contributed by atoms with van der Waals surface area (Å²) in [6.07, 6.45) is 0.513. The van der Waals surface area contributed by atoms with Gasteiger partial charge in [0.15, 0.2) is 5.78 Å². The molecule has 0 aliphatic rings. The number of hydrogen-bond acceptors (Lipinski definition) is 4. The molecule has 0 atom stereocenters. The van der Waals surface area contributed by atoms with E-state index in [0.29, 0.717) is 11.5 Å². The van der Waals surface area contributed by atoms with Gasteiger partial charge in [-0.3, -0.25) is 4.79 Å². The predicted octanol–water partition coefficient (Wildman–Crippen LogP) is 2.92. The van der Waals surface area contributed by atoms with Crippen molar-refractivity contribution in [1.82, 2.24) is 9.97 Å². The Kier molecular flexibility index (Phi) is 3.99. The van der Waals surface area contributed by atoms with Gasteiger partial charge in [0.1, 0.15) is 11.3 Å². The number of nitrogens with one attached hydrogen (secondary N) is 2. The minimum atomic E-state index is -0.0431. The molecule has 0 bridgehead atoms. The zero-order valence-electron chi connectivity index (χ0n) is 10.7. The summed E-state index contributed by atoms with van der Waals surface area (Å²) in [5.74, 6) is 0.620. The van der Waals surface area contributed by atoms with Gasteiger partial charge in [-0.05, 0) is 35.0 Å². The Labute approximate surface area is 118 Å². The van der Waals surface area contributed by atoms with Crippen molar-refractivity contribution in [3.63, 3.8) is 0 Å². The van der Waals surface area contributed by atoms with Crippen LogP contribution in [0.5, 0.6) is 0 Å². The van der Waals surface area contributed by atoms with E-state index in [4.69, 9.17) is 0 Å². The van der Waals surface area contributed by atoms with E-state index < -0.39 is 0 Å². The summed E-state index contributed by atoms with van der Waals surface area (Å²) in [4.78, 5) is 30.3. The molecule has 0 saturated heterocycles. The monoisotopic (exact) mass is 323 g/mol. The summed E-state index contributed by atoms with van der Waals surface area (Å²) < 4.78 is 0.758. The predicted molar refractivity (Wildman–Crippen MR) is 77.6 cm³/mol. The molecule has 2 rings (SSSR count). The van der Waals surface area contributed by atoms with Gasteiger partial charge < -0.3 is 15.1 Å². The van der Waals surface area contributed by atoms with Gasteiger partial charge in [-0.1, -0.05) is 0 Å². The van der Waals surface area contributed by atoms with Crippen LogP contribution in [-0.2, 0) is 4.79 Å². The van der Waals surface area contributed by atoms with Crippen molar-refractivity contribution in [2.45, 2.75) is 19.8 Å². The first-order chi connectivity index (χ1) is 9.01.